The number of benzene rings is 1. The molecule has 1 unspecified atom stereocenters. The summed E-state index contributed by atoms with van der Waals surface area (Å²) in [6, 6.07) is 6.49. The van der Waals surface area contributed by atoms with Crippen molar-refractivity contribution >= 4 is 38.5 Å². The molecule has 0 aliphatic carbocycles. The molecule has 0 radical (unpaired) electrons. The van der Waals surface area contributed by atoms with Crippen LogP contribution in [0.2, 0.25) is 0 Å². The fourth-order valence-corrected chi connectivity index (χ4v) is 2.82. The molecule has 4 heteroatoms. The minimum Gasteiger partial charge on any atom is -0.496 e. The van der Waals surface area contributed by atoms with Gasteiger partial charge in [-0.05, 0) is 59.5 Å². The van der Waals surface area contributed by atoms with E-state index in [0.29, 0.717) is 0 Å². The first kappa shape index (κ1) is 12.4. The summed E-state index contributed by atoms with van der Waals surface area (Å²) in [4.78, 5) is 0. The van der Waals surface area contributed by atoms with Crippen LogP contribution < -0.4 is 5.32 Å². The van der Waals surface area contributed by atoms with E-state index < -0.39 is 0 Å². The summed E-state index contributed by atoms with van der Waals surface area (Å²) in [7, 11) is 1.96. The molecule has 1 aromatic carbocycles. The third-order valence-corrected chi connectivity index (χ3v) is 3.97. The first-order valence-electron chi connectivity index (χ1n) is 5.17. The van der Waals surface area contributed by atoms with Gasteiger partial charge in [0.1, 0.15) is 5.76 Å². The van der Waals surface area contributed by atoms with E-state index in [-0.39, 0.29) is 6.04 Å². The molecule has 2 nitrogen and oxygen atoms in total. The van der Waals surface area contributed by atoms with Crippen LogP contribution in [0.5, 0.6) is 0 Å². The SMILES string of the molecule is CNC(C1=CCCO1)c1cc(I)ccc1Br. The Labute approximate surface area is 118 Å². The average molecular weight is 394 g/mol. The van der Waals surface area contributed by atoms with Crippen molar-refractivity contribution in [3.8, 4) is 0 Å². The highest BCUT2D eigenvalue weighted by atomic mass is 127. The minimum absolute atomic E-state index is 0.145. The summed E-state index contributed by atoms with van der Waals surface area (Å²) >= 11 is 5.92. The van der Waals surface area contributed by atoms with Crippen molar-refractivity contribution in [1.29, 1.82) is 0 Å². The number of hydrogen-bond acceptors (Lipinski definition) is 2. The second-order valence-corrected chi connectivity index (χ2v) is 5.73. The molecule has 1 aromatic rings. The standard InChI is InChI=1S/C12H13BrINO/c1-15-12(11-3-2-6-16-11)9-7-8(14)4-5-10(9)13/h3-5,7,12,15H,2,6H2,1H3. The molecular formula is C12H13BrINO. The number of nitrogens with one attached hydrogen (secondary N) is 1. The second-order valence-electron chi connectivity index (χ2n) is 3.63. The van der Waals surface area contributed by atoms with Crippen molar-refractivity contribution in [2.45, 2.75) is 12.5 Å². The molecule has 0 fully saturated rings. The maximum absolute atomic E-state index is 5.63. The quantitative estimate of drug-likeness (QED) is 0.792. The molecule has 0 aromatic heterocycles. The molecule has 1 heterocycles. The van der Waals surface area contributed by atoms with E-state index >= 15 is 0 Å². The summed E-state index contributed by atoms with van der Waals surface area (Å²) in [6.07, 6.45) is 3.17. The maximum Gasteiger partial charge on any atom is 0.114 e. The van der Waals surface area contributed by atoms with E-state index in [2.05, 4.69) is 68.1 Å². The van der Waals surface area contributed by atoms with Crippen LogP contribution in [0, 0.1) is 3.57 Å². The van der Waals surface area contributed by atoms with Crippen LogP contribution in [-0.2, 0) is 4.74 Å². The van der Waals surface area contributed by atoms with Crippen LogP contribution in [0.3, 0.4) is 0 Å². The molecule has 1 aliphatic heterocycles. The van der Waals surface area contributed by atoms with Gasteiger partial charge in [0.2, 0.25) is 0 Å². The molecule has 0 amide bonds. The van der Waals surface area contributed by atoms with E-state index in [9.17, 15) is 0 Å². The van der Waals surface area contributed by atoms with Gasteiger partial charge in [-0.25, -0.2) is 0 Å². The van der Waals surface area contributed by atoms with Crippen molar-refractivity contribution in [3.63, 3.8) is 0 Å². The van der Waals surface area contributed by atoms with Gasteiger partial charge in [0.15, 0.2) is 0 Å². The zero-order chi connectivity index (χ0) is 11.5. The molecular weight excluding hydrogens is 381 g/mol. The van der Waals surface area contributed by atoms with E-state index in [4.69, 9.17) is 4.74 Å². The number of rotatable bonds is 3. The van der Waals surface area contributed by atoms with Gasteiger partial charge in [-0.15, -0.1) is 0 Å². The Morgan fingerprint density at radius 1 is 1.50 bits per heavy atom. The zero-order valence-corrected chi connectivity index (χ0v) is 12.7. The van der Waals surface area contributed by atoms with E-state index in [1.165, 1.54) is 9.13 Å². The maximum atomic E-state index is 5.63. The molecule has 1 atom stereocenters. The first-order chi connectivity index (χ1) is 7.72. The van der Waals surface area contributed by atoms with Gasteiger partial charge in [0.05, 0.1) is 12.6 Å². The number of halogens is 2. The van der Waals surface area contributed by atoms with Gasteiger partial charge in [0, 0.05) is 14.5 Å². The molecule has 0 saturated heterocycles. The fraction of sp³-hybridized carbons (Fsp3) is 0.333. The van der Waals surface area contributed by atoms with Crippen LogP contribution in [0.15, 0.2) is 34.5 Å². The fourth-order valence-electron chi connectivity index (χ4n) is 1.82. The predicted octanol–water partition coefficient (Wildman–Crippen LogP) is 3.62. The van der Waals surface area contributed by atoms with Crippen LogP contribution >= 0.6 is 38.5 Å². The van der Waals surface area contributed by atoms with Gasteiger partial charge >= 0.3 is 0 Å². The predicted molar refractivity (Wildman–Crippen MR) is 77.3 cm³/mol. The smallest absolute Gasteiger partial charge is 0.114 e. The Morgan fingerprint density at radius 3 is 2.94 bits per heavy atom. The molecule has 2 rings (SSSR count). The number of likely N-dealkylation sites (N-methyl/N-ethyl adjacent to an activating group) is 1. The van der Waals surface area contributed by atoms with Gasteiger partial charge in [-0.3, -0.25) is 0 Å². The van der Waals surface area contributed by atoms with E-state index in [1.807, 2.05) is 7.05 Å². The molecule has 1 N–H and O–H groups in total. The normalized spacial score (nSPS) is 16.8. The molecule has 86 valence electrons. The Balaban J connectivity index is 2.35. The average Bonchev–Trinajstić information content (AvgIpc) is 2.78. The van der Waals surface area contributed by atoms with Crippen molar-refractivity contribution in [2.24, 2.45) is 0 Å². The van der Waals surface area contributed by atoms with Gasteiger partial charge < -0.3 is 10.1 Å². The highest BCUT2D eigenvalue weighted by molar-refractivity contribution is 14.1. The Bertz CT molecular complexity index is 419. The highest BCUT2D eigenvalue weighted by Crippen LogP contribution is 2.32. The molecule has 0 saturated carbocycles. The summed E-state index contributed by atoms with van der Waals surface area (Å²) in [5.41, 5.74) is 1.22. The number of hydrogen-bond donors (Lipinski definition) is 1. The molecule has 16 heavy (non-hydrogen) atoms. The highest BCUT2D eigenvalue weighted by Gasteiger charge is 2.21. The zero-order valence-electron chi connectivity index (χ0n) is 8.97. The summed E-state index contributed by atoms with van der Waals surface area (Å²) in [6.45, 7) is 0.801. The molecule has 1 aliphatic rings. The Hall–Kier alpha value is -0.0700. The lowest BCUT2D eigenvalue weighted by molar-refractivity contribution is 0.218. The van der Waals surface area contributed by atoms with Gasteiger partial charge in [0.25, 0.3) is 0 Å². The minimum atomic E-state index is 0.145. The van der Waals surface area contributed by atoms with Crippen molar-refractivity contribution in [2.75, 3.05) is 13.7 Å². The van der Waals surface area contributed by atoms with E-state index in [0.717, 1.165) is 23.3 Å². The summed E-state index contributed by atoms with van der Waals surface area (Å²) < 4.78 is 7.98. The summed E-state index contributed by atoms with van der Waals surface area (Å²) in [5.74, 6) is 1.03. The lowest BCUT2D eigenvalue weighted by Gasteiger charge is -2.19. The van der Waals surface area contributed by atoms with Crippen molar-refractivity contribution < 1.29 is 4.74 Å². The number of ether oxygens (including phenoxy) is 1. The van der Waals surface area contributed by atoms with Crippen LogP contribution in [0.25, 0.3) is 0 Å². The topological polar surface area (TPSA) is 21.3 Å². The molecule has 0 spiro atoms. The third-order valence-electron chi connectivity index (χ3n) is 2.57. The van der Waals surface area contributed by atoms with E-state index in [1.54, 1.807) is 0 Å². The second kappa shape index (κ2) is 5.51. The third kappa shape index (κ3) is 2.60. The Morgan fingerprint density at radius 2 is 2.31 bits per heavy atom. The first-order valence-corrected chi connectivity index (χ1v) is 7.04. The van der Waals surface area contributed by atoms with Crippen molar-refractivity contribution in [1.82, 2.24) is 5.32 Å². The van der Waals surface area contributed by atoms with Crippen LogP contribution in [0.4, 0.5) is 0 Å². The monoisotopic (exact) mass is 393 g/mol. The van der Waals surface area contributed by atoms with Gasteiger partial charge in [-0.2, -0.15) is 0 Å². The van der Waals surface area contributed by atoms with Gasteiger partial charge in [-0.1, -0.05) is 15.9 Å². The van der Waals surface area contributed by atoms with Crippen LogP contribution in [0.1, 0.15) is 18.0 Å². The Kier molecular flexibility index (Phi) is 4.27. The summed E-state index contributed by atoms with van der Waals surface area (Å²) in [5, 5.41) is 3.30. The van der Waals surface area contributed by atoms with Crippen LogP contribution in [-0.4, -0.2) is 13.7 Å². The largest absolute Gasteiger partial charge is 0.496 e. The molecule has 0 bridgehead atoms. The van der Waals surface area contributed by atoms with Crippen molar-refractivity contribution in [3.05, 3.63) is 43.6 Å². The lowest BCUT2D eigenvalue weighted by Crippen LogP contribution is -2.19. The lowest BCUT2D eigenvalue weighted by atomic mass is 10.1.